The molecule has 0 spiro atoms. The van der Waals surface area contributed by atoms with Crippen molar-refractivity contribution < 1.29 is 9.59 Å². The van der Waals surface area contributed by atoms with E-state index in [1.807, 2.05) is 32.0 Å². The monoisotopic (exact) mass is 451 g/mol. The van der Waals surface area contributed by atoms with Crippen LogP contribution in [0.25, 0.3) is 5.57 Å². The Balaban J connectivity index is 1.80. The van der Waals surface area contributed by atoms with E-state index in [1.165, 1.54) is 4.90 Å². The number of amides is 2. The molecule has 0 bridgehead atoms. The van der Waals surface area contributed by atoms with Crippen molar-refractivity contribution in [1.82, 2.24) is 9.88 Å². The second-order valence-corrected chi connectivity index (χ2v) is 8.27. The lowest BCUT2D eigenvalue weighted by atomic mass is 10.0. The molecule has 7 heteroatoms. The number of imide groups is 1. The van der Waals surface area contributed by atoms with Gasteiger partial charge in [0, 0.05) is 28.7 Å². The third kappa shape index (κ3) is 4.33. The minimum atomic E-state index is -0.419. The number of aromatic nitrogens is 1. The Labute approximate surface area is 190 Å². The first-order chi connectivity index (χ1) is 14.8. The summed E-state index contributed by atoms with van der Waals surface area (Å²) in [5, 5.41) is 3.92. The molecule has 1 aliphatic rings. The summed E-state index contributed by atoms with van der Waals surface area (Å²) in [5.74, 6) is -0.833. The van der Waals surface area contributed by atoms with E-state index >= 15 is 0 Å². The zero-order chi connectivity index (χ0) is 22.1. The maximum atomic E-state index is 13.4. The molecular weight excluding hydrogens is 433 g/mol. The predicted octanol–water partition coefficient (Wildman–Crippen LogP) is 5.40. The van der Waals surface area contributed by atoms with E-state index in [0.717, 1.165) is 22.4 Å². The van der Waals surface area contributed by atoms with Crippen LogP contribution in [-0.4, -0.2) is 21.7 Å². The zero-order valence-electron chi connectivity index (χ0n) is 16.9. The molecule has 0 fully saturated rings. The summed E-state index contributed by atoms with van der Waals surface area (Å²) in [6, 6.07) is 14.3. The summed E-state index contributed by atoms with van der Waals surface area (Å²) in [5.41, 5.74) is 4.47. The second kappa shape index (κ2) is 8.53. The van der Waals surface area contributed by atoms with Gasteiger partial charge in [0.05, 0.1) is 17.1 Å². The topological polar surface area (TPSA) is 62.3 Å². The van der Waals surface area contributed by atoms with E-state index < -0.39 is 11.8 Å². The molecule has 1 aliphatic heterocycles. The number of carbonyl (C=O) groups excluding carboxylic acids is 2. The summed E-state index contributed by atoms with van der Waals surface area (Å²) in [4.78, 5) is 31.9. The van der Waals surface area contributed by atoms with Gasteiger partial charge in [0.1, 0.15) is 5.70 Å². The van der Waals surface area contributed by atoms with Crippen LogP contribution < -0.4 is 5.32 Å². The number of aryl methyl sites for hydroxylation is 2. The lowest BCUT2D eigenvalue weighted by Crippen LogP contribution is -2.32. The molecule has 4 rings (SSSR count). The highest BCUT2D eigenvalue weighted by Crippen LogP contribution is 2.36. The van der Waals surface area contributed by atoms with Gasteiger partial charge in [-0.2, -0.15) is 0 Å². The van der Waals surface area contributed by atoms with Gasteiger partial charge >= 0.3 is 0 Å². The molecule has 31 heavy (non-hydrogen) atoms. The Bertz CT molecular complexity index is 1200. The number of halogens is 2. The van der Waals surface area contributed by atoms with Gasteiger partial charge in [-0.15, -0.1) is 0 Å². The number of carbonyl (C=O) groups is 2. The maximum Gasteiger partial charge on any atom is 0.278 e. The Morgan fingerprint density at radius 3 is 2.23 bits per heavy atom. The smallest absolute Gasteiger partial charge is 0.278 e. The number of hydrogen-bond donors (Lipinski definition) is 1. The Kier molecular flexibility index (Phi) is 5.81. The molecule has 5 nitrogen and oxygen atoms in total. The van der Waals surface area contributed by atoms with Crippen molar-refractivity contribution >= 4 is 46.3 Å². The van der Waals surface area contributed by atoms with Gasteiger partial charge in [-0.1, -0.05) is 35.3 Å². The molecule has 0 unspecified atom stereocenters. The van der Waals surface area contributed by atoms with Crippen LogP contribution in [0, 0.1) is 13.8 Å². The quantitative estimate of drug-likeness (QED) is 0.527. The molecule has 3 aromatic rings. The predicted molar refractivity (Wildman–Crippen MR) is 123 cm³/mol. The number of nitrogens with zero attached hydrogens (tertiary/aromatic N) is 2. The van der Waals surface area contributed by atoms with Crippen molar-refractivity contribution in [2.75, 3.05) is 5.32 Å². The number of benzene rings is 2. The van der Waals surface area contributed by atoms with Crippen LogP contribution in [-0.2, 0) is 16.1 Å². The Morgan fingerprint density at radius 2 is 1.58 bits per heavy atom. The summed E-state index contributed by atoms with van der Waals surface area (Å²) in [7, 11) is 0. The lowest BCUT2D eigenvalue weighted by Gasteiger charge is -2.15. The maximum absolute atomic E-state index is 13.4. The van der Waals surface area contributed by atoms with E-state index in [9.17, 15) is 9.59 Å². The van der Waals surface area contributed by atoms with Crippen molar-refractivity contribution in [2.24, 2.45) is 0 Å². The van der Waals surface area contributed by atoms with Gasteiger partial charge in [0.15, 0.2) is 0 Å². The summed E-state index contributed by atoms with van der Waals surface area (Å²) in [6.45, 7) is 4.08. The van der Waals surface area contributed by atoms with Crippen molar-refractivity contribution in [3.63, 3.8) is 0 Å². The van der Waals surface area contributed by atoms with Crippen LogP contribution in [0.5, 0.6) is 0 Å². The normalized spacial score (nSPS) is 13.9. The van der Waals surface area contributed by atoms with E-state index in [-0.39, 0.29) is 17.8 Å². The second-order valence-electron chi connectivity index (χ2n) is 7.43. The third-order valence-electron chi connectivity index (χ3n) is 4.95. The average molecular weight is 452 g/mol. The van der Waals surface area contributed by atoms with E-state index in [4.69, 9.17) is 23.2 Å². The molecule has 2 amide bonds. The molecule has 0 atom stereocenters. The first-order valence-corrected chi connectivity index (χ1v) is 10.4. The fraction of sp³-hybridized carbons (Fsp3) is 0.125. The largest absolute Gasteiger partial charge is 0.350 e. The number of pyridine rings is 1. The molecule has 0 aliphatic carbocycles. The number of nitrogens with one attached hydrogen (secondary N) is 1. The molecule has 1 aromatic heterocycles. The molecule has 0 saturated heterocycles. The molecule has 2 aromatic carbocycles. The molecular formula is C24H19Cl2N3O2. The van der Waals surface area contributed by atoms with Gasteiger partial charge in [0.25, 0.3) is 11.8 Å². The van der Waals surface area contributed by atoms with Gasteiger partial charge in [0.2, 0.25) is 0 Å². The van der Waals surface area contributed by atoms with Crippen LogP contribution in [0.15, 0.2) is 66.6 Å². The highest BCUT2D eigenvalue weighted by atomic mass is 35.5. The number of rotatable bonds is 5. The van der Waals surface area contributed by atoms with E-state index in [2.05, 4.69) is 10.3 Å². The molecule has 0 radical (unpaired) electrons. The highest BCUT2D eigenvalue weighted by Gasteiger charge is 2.40. The van der Waals surface area contributed by atoms with Gasteiger partial charge < -0.3 is 5.32 Å². The van der Waals surface area contributed by atoms with Crippen LogP contribution in [0.2, 0.25) is 10.0 Å². The standard InChI is InChI=1S/C24H19Cl2N3O2/c1-14-9-15(2)11-18(10-14)28-22-21(19-4-3-17(25)12-20(19)26)23(30)29(24(22)31)13-16-5-7-27-8-6-16/h3-12,28H,13H2,1-2H3. The first-order valence-electron chi connectivity index (χ1n) is 9.63. The average Bonchev–Trinajstić information content (AvgIpc) is 2.93. The third-order valence-corrected chi connectivity index (χ3v) is 5.50. The van der Waals surface area contributed by atoms with E-state index in [0.29, 0.717) is 15.6 Å². The highest BCUT2D eigenvalue weighted by molar-refractivity contribution is 6.41. The minimum absolute atomic E-state index is 0.132. The Morgan fingerprint density at radius 1 is 0.903 bits per heavy atom. The van der Waals surface area contributed by atoms with E-state index in [1.54, 1.807) is 42.7 Å². The van der Waals surface area contributed by atoms with Crippen LogP contribution >= 0.6 is 23.2 Å². The minimum Gasteiger partial charge on any atom is -0.350 e. The van der Waals surface area contributed by atoms with Gasteiger partial charge in [-0.25, -0.2) is 0 Å². The molecule has 2 heterocycles. The molecule has 0 saturated carbocycles. The van der Waals surface area contributed by atoms with Crippen LogP contribution in [0.4, 0.5) is 5.69 Å². The SMILES string of the molecule is Cc1cc(C)cc(NC2=C(c3ccc(Cl)cc3Cl)C(=O)N(Cc3ccncc3)C2=O)c1. The number of anilines is 1. The summed E-state index contributed by atoms with van der Waals surface area (Å²) in [6.07, 6.45) is 3.25. The zero-order valence-corrected chi connectivity index (χ0v) is 18.5. The van der Waals surface area contributed by atoms with Crippen LogP contribution in [0.1, 0.15) is 22.3 Å². The number of hydrogen-bond acceptors (Lipinski definition) is 4. The van der Waals surface area contributed by atoms with Crippen molar-refractivity contribution in [3.05, 3.63) is 98.9 Å². The first kappa shape index (κ1) is 21.1. The lowest BCUT2D eigenvalue weighted by molar-refractivity contribution is -0.137. The summed E-state index contributed by atoms with van der Waals surface area (Å²) >= 11 is 12.5. The molecule has 156 valence electrons. The van der Waals surface area contributed by atoms with Crippen molar-refractivity contribution in [1.29, 1.82) is 0 Å². The fourth-order valence-electron chi connectivity index (χ4n) is 3.64. The van der Waals surface area contributed by atoms with Gasteiger partial charge in [-0.3, -0.25) is 19.5 Å². The van der Waals surface area contributed by atoms with Crippen LogP contribution in [0.3, 0.4) is 0 Å². The Hall–Kier alpha value is -3.15. The van der Waals surface area contributed by atoms with Crippen molar-refractivity contribution in [2.45, 2.75) is 20.4 Å². The summed E-state index contributed by atoms with van der Waals surface area (Å²) < 4.78 is 0. The van der Waals surface area contributed by atoms with Crippen molar-refractivity contribution in [3.8, 4) is 0 Å². The fourth-order valence-corrected chi connectivity index (χ4v) is 4.14. The van der Waals surface area contributed by atoms with Gasteiger partial charge in [-0.05, 0) is 66.9 Å². The molecule has 1 N–H and O–H groups in total.